The molecule has 0 aromatic rings. The molecule has 0 bridgehead atoms. The normalized spacial score (nSPS) is 37.9. The maximum absolute atomic E-state index is 11.9. The lowest BCUT2D eigenvalue weighted by Crippen LogP contribution is -2.57. The Morgan fingerprint density at radius 1 is 1.31 bits per heavy atom. The number of nitrogens with zero attached hydrogens (tertiary/aromatic N) is 1. The Bertz CT molecular complexity index is 316. The highest BCUT2D eigenvalue weighted by molar-refractivity contribution is 5.73. The average Bonchev–Trinajstić information content (AvgIpc) is 3.00. The molecule has 3 aliphatic rings. The molecule has 1 spiro atoms. The van der Waals surface area contributed by atoms with Crippen molar-refractivity contribution in [2.75, 3.05) is 0 Å². The summed E-state index contributed by atoms with van der Waals surface area (Å²) >= 11 is 0. The van der Waals surface area contributed by atoms with Gasteiger partial charge in [0.25, 0.3) is 0 Å². The molecule has 1 aliphatic heterocycles. The summed E-state index contributed by atoms with van der Waals surface area (Å²) in [6, 6.07) is 0.212. The molecule has 4 heteroatoms. The number of amides is 1. The fourth-order valence-corrected chi connectivity index (χ4v) is 3.25. The quantitative estimate of drug-likeness (QED) is 0.742. The molecular weight excluding hydrogens is 206 g/mol. The van der Waals surface area contributed by atoms with E-state index >= 15 is 0 Å². The molecule has 0 aromatic heterocycles. The minimum Gasteiger partial charge on any atom is -0.438 e. The van der Waals surface area contributed by atoms with Crippen molar-refractivity contribution in [3.8, 4) is 0 Å². The van der Waals surface area contributed by atoms with Crippen molar-refractivity contribution in [1.29, 1.82) is 0 Å². The molecule has 3 rings (SSSR count). The Labute approximate surface area is 95.6 Å². The molecule has 4 nitrogen and oxygen atoms in total. The van der Waals surface area contributed by atoms with Gasteiger partial charge in [0.2, 0.25) is 0 Å². The van der Waals surface area contributed by atoms with E-state index in [1.54, 1.807) is 11.8 Å². The van der Waals surface area contributed by atoms with Crippen LogP contribution >= 0.6 is 0 Å². The van der Waals surface area contributed by atoms with Gasteiger partial charge in [-0.1, -0.05) is 6.42 Å². The predicted octanol–water partition coefficient (Wildman–Crippen LogP) is 2.01. The summed E-state index contributed by atoms with van der Waals surface area (Å²) < 4.78 is 5.56. The van der Waals surface area contributed by atoms with Gasteiger partial charge in [-0.15, -0.1) is 0 Å². The first-order valence-corrected chi connectivity index (χ1v) is 6.31. The van der Waals surface area contributed by atoms with E-state index in [9.17, 15) is 9.90 Å². The van der Waals surface area contributed by atoms with Gasteiger partial charge >= 0.3 is 6.09 Å². The van der Waals surface area contributed by atoms with Crippen molar-refractivity contribution < 1.29 is 14.6 Å². The van der Waals surface area contributed by atoms with E-state index in [0.29, 0.717) is 0 Å². The third kappa shape index (κ3) is 1.22. The van der Waals surface area contributed by atoms with Crippen LogP contribution in [0.25, 0.3) is 0 Å². The molecule has 1 atom stereocenters. The fraction of sp³-hybridized carbons (Fsp3) is 0.917. The number of hydrogen-bond donors (Lipinski definition) is 1. The van der Waals surface area contributed by atoms with Gasteiger partial charge in [0.1, 0.15) is 0 Å². The maximum Gasteiger partial charge on any atom is 0.413 e. The Morgan fingerprint density at radius 2 is 1.94 bits per heavy atom. The molecule has 1 heterocycles. The number of ether oxygens (including phenoxy) is 1. The van der Waals surface area contributed by atoms with Crippen LogP contribution in [0.4, 0.5) is 4.79 Å². The number of carbonyl (C=O) groups is 1. The van der Waals surface area contributed by atoms with Crippen molar-refractivity contribution in [3.63, 3.8) is 0 Å². The van der Waals surface area contributed by atoms with Crippen molar-refractivity contribution in [2.45, 2.75) is 69.2 Å². The van der Waals surface area contributed by atoms with Crippen LogP contribution in [-0.2, 0) is 4.74 Å². The van der Waals surface area contributed by atoms with E-state index in [1.807, 2.05) is 0 Å². The molecule has 1 amide bonds. The first-order valence-electron chi connectivity index (χ1n) is 6.31. The summed E-state index contributed by atoms with van der Waals surface area (Å²) in [5.41, 5.74) is -1.74. The van der Waals surface area contributed by atoms with Crippen LogP contribution in [0.3, 0.4) is 0 Å². The SMILES string of the molecule is CC1(O)N(C2CC2)C(=O)OC12CCCCC2. The number of carbonyl (C=O) groups excluding carboxylic acids is 1. The van der Waals surface area contributed by atoms with E-state index in [0.717, 1.165) is 38.5 Å². The summed E-state index contributed by atoms with van der Waals surface area (Å²) in [5, 5.41) is 10.7. The second kappa shape index (κ2) is 3.13. The molecule has 16 heavy (non-hydrogen) atoms. The largest absolute Gasteiger partial charge is 0.438 e. The highest BCUT2D eigenvalue weighted by Gasteiger charge is 2.64. The van der Waals surface area contributed by atoms with Gasteiger partial charge in [0.15, 0.2) is 11.3 Å². The van der Waals surface area contributed by atoms with Crippen molar-refractivity contribution in [1.82, 2.24) is 4.90 Å². The summed E-state index contributed by atoms with van der Waals surface area (Å²) in [6.07, 6.45) is 6.56. The average molecular weight is 225 g/mol. The molecule has 1 unspecified atom stereocenters. The lowest BCUT2D eigenvalue weighted by Gasteiger charge is -2.42. The molecular formula is C12H19NO3. The van der Waals surface area contributed by atoms with Crippen LogP contribution in [0.2, 0.25) is 0 Å². The second-order valence-corrected chi connectivity index (χ2v) is 5.54. The van der Waals surface area contributed by atoms with E-state index in [4.69, 9.17) is 4.74 Å². The lowest BCUT2D eigenvalue weighted by molar-refractivity contribution is -0.160. The number of hydrogen-bond acceptors (Lipinski definition) is 3. The standard InChI is InChI=1S/C12H19NO3/c1-11(15)12(7-3-2-4-8-12)16-10(14)13(11)9-5-6-9/h9,15H,2-8H2,1H3. The number of aliphatic hydroxyl groups is 1. The van der Waals surface area contributed by atoms with E-state index in [1.165, 1.54) is 6.42 Å². The molecule has 1 N–H and O–H groups in total. The van der Waals surface area contributed by atoms with Gasteiger partial charge in [0, 0.05) is 6.04 Å². The molecule has 0 radical (unpaired) electrons. The highest BCUT2D eigenvalue weighted by atomic mass is 16.6. The number of rotatable bonds is 1. The van der Waals surface area contributed by atoms with E-state index in [2.05, 4.69) is 0 Å². The maximum atomic E-state index is 11.9. The first kappa shape index (κ1) is 10.4. The minimum atomic E-state index is -1.11. The molecule has 2 saturated carbocycles. The van der Waals surface area contributed by atoms with Gasteiger partial charge in [0.05, 0.1) is 0 Å². The zero-order chi connectivity index (χ0) is 11.4. The zero-order valence-corrected chi connectivity index (χ0v) is 9.74. The Kier molecular flexibility index (Phi) is 2.03. The topological polar surface area (TPSA) is 49.8 Å². The van der Waals surface area contributed by atoms with Crippen molar-refractivity contribution in [3.05, 3.63) is 0 Å². The zero-order valence-electron chi connectivity index (χ0n) is 9.74. The van der Waals surface area contributed by atoms with Crippen molar-refractivity contribution in [2.24, 2.45) is 0 Å². The predicted molar refractivity (Wildman–Crippen MR) is 57.8 cm³/mol. The smallest absolute Gasteiger partial charge is 0.413 e. The van der Waals surface area contributed by atoms with E-state index in [-0.39, 0.29) is 12.1 Å². The van der Waals surface area contributed by atoms with Crippen molar-refractivity contribution >= 4 is 6.09 Å². The van der Waals surface area contributed by atoms with Gasteiger partial charge < -0.3 is 9.84 Å². The van der Waals surface area contributed by atoms with Crippen LogP contribution in [0.15, 0.2) is 0 Å². The first-order chi connectivity index (χ1) is 7.57. The Morgan fingerprint density at radius 3 is 2.50 bits per heavy atom. The monoisotopic (exact) mass is 225 g/mol. The highest BCUT2D eigenvalue weighted by Crippen LogP contribution is 2.50. The third-order valence-corrected chi connectivity index (χ3v) is 4.38. The van der Waals surface area contributed by atoms with E-state index < -0.39 is 11.3 Å². The third-order valence-electron chi connectivity index (χ3n) is 4.38. The van der Waals surface area contributed by atoms with Crippen LogP contribution < -0.4 is 0 Å². The summed E-state index contributed by atoms with van der Waals surface area (Å²) in [6.45, 7) is 1.75. The summed E-state index contributed by atoms with van der Waals surface area (Å²) in [4.78, 5) is 13.5. The molecule has 2 aliphatic carbocycles. The molecule has 90 valence electrons. The second-order valence-electron chi connectivity index (χ2n) is 5.54. The molecule has 1 saturated heterocycles. The van der Waals surface area contributed by atoms with Gasteiger partial charge in [-0.3, -0.25) is 4.90 Å². The Balaban J connectivity index is 1.92. The fourth-order valence-electron chi connectivity index (χ4n) is 3.25. The van der Waals surface area contributed by atoms with Crippen LogP contribution in [0.1, 0.15) is 51.9 Å². The van der Waals surface area contributed by atoms with Crippen LogP contribution in [-0.4, -0.2) is 33.5 Å². The van der Waals surface area contributed by atoms with Crippen LogP contribution in [0.5, 0.6) is 0 Å². The molecule has 0 aromatic carbocycles. The van der Waals surface area contributed by atoms with Gasteiger partial charge in [-0.05, 0) is 45.4 Å². The van der Waals surface area contributed by atoms with Crippen LogP contribution in [0, 0.1) is 0 Å². The van der Waals surface area contributed by atoms with Gasteiger partial charge in [-0.2, -0.15) is 0 Å². The minimum absolute atomic E-state index is 0.212. The van der Waals surface area contributed by atoms with Gasteiger partial charge in [-0.25, -0.2) is 4.79 Å². The summed E-state index contributed by atoms with van der Waals surface area (Å²) in [5.74, 6) is 0. The summed E-state index contributed by atoms with van der Waals surface area (Å²) in [7, 11) is 0. The Hall–Kier alpha value is -0.770. The molecule has 3 fully saturated rings. The lowest BCUT2D eigenvalue weighted by atomic mass is 9.77.